The maximum atomic E-state index is 13.0. The molecule has 0 saturated carbocycles. The first kappa shape index (κ1) is 22.6. The first-order valence-electron chi connectivity index (χ1n) is 11.1. The highest BCUT2D eigenvalue weighted by Crippen LogP contribution is 2.31. The summed E-state index contributed by atoms with van der Waals surface area (Å²) in [6.45, 7) is 1.45. The van der Waals surface area contributed by atoms with Crippen LogP contribution in [0.2, 0.25) is 0 Å². The van der Waals surface area contributed by atoms with Gasteiger partial charge in [0.2, 0.25) is 0 Å². The molecule has 8 heteroatoms. The van der Waals surface area contributed by atoms with Crippen LogP contribution in [0.25, 0.3) is 0 Å². The summed E-state index contributed by atoms with van der Waals surface area (Å²) in [4.78, 5) is 19.6. The van der Waals surface area contributed by atoms with Gasteiger partial charge in [-0.05, 0) is 53.3 Å². The van der Waals surface area contributed by atoms with Gasteiger partial charge < -0.3 is 10.4 Å². The normalized spacial score (nSPS) is 16.8. The van der Waals surface area contributed by atoms with Crippen LogP contribution >= 0.6 is 0 Å². The first-order chi connectivity index (χ1) is 16.2. The SMILES string of the molecule is O=C(NC1(CO)Cc2ccccc2C1)c1cnc2c(c1)CN(Cc1ccc(C(F)(F)F)cc1)C2. The van der Waals surface area contributed by atoms with Crippen LogP contribution in [-0.2, 0) is 38.7 Å². The van der Waals surface area contributed by atoms with E-state index in [0.29, 0.717) is 38.0 Å². The number of amides is 1. The Labute approximate surface area is 195 Å². The summed E-state index contributed by atoms with van der Waals surface area (Å²) in [5.74, 6) is -0.279. The number of rotatable bonds is 5. The molecule has 34 heavy (non-hydrogen) atoms. The highest BCUT2D eigenvalue weighted by atomic mass is 19.4. The Morgan fingerprint density at radius 3 is 2.32 bits per heavy atom. The molecule has 1 amide bonds. The van der Waals surface area contributed by atoms with Gasteiger partial charge in [0.15, 0.2) is 0 Å². The number of aliphatic hydroxyl groups is 1. The van der Waals surface area contributed by atoms with Crippen LogP contribution < -0.4 is 5.32 Å². The van der Waals surface area contributed by atoms with E-state index in [0.717, 1.165) is 40.1 Å². The van der Waals surface area contributed by atoms with Crippen molar-refractivity contribution in [3.63, 3.8) is 0 Å². The topological polar surface area (TPSA) is 65.5 Å². The number of halogens is 3. The zero-order valence-electron chi connectivity index (χ0n) is 18.4. The van der Waals surface area contributed by atoms with Crippen LogP contribution in [0.4, 0.5) is 13.2 Å². The molecule has 0 bridgehead atoms. The van der Waals surface area contributed by atoms with E-state index < -0.39 is 17.3 Å². The second-order valence-corrected chi connectivity index (χ2v) is 9.18. The molecule has 0 radical (unpaired) electrons. The predicted molar refractivity (Wildman–Crippen MR) is 120 cm³/mol. The number of hydrogen-bond donors (Lipinski definition) is 2. The van der Waals surface area contributed by atoms with E-state index in [9.17, 15) is 23.1 Å². The minimum atomic E-state index is -4.35. The van der Waals surface area contributed by atoms with Gasteiger partial charge in [0.1, 0.15) is 0 Å². The highest BCUT2D eigenvalue weighted by Gasteiger charge is 2.38. The number of aromatic nitrogens is 1. The van der Waals surface area contributed by atoms with Gasteiger partial charge in [0.05, 0.1) is 29.0 Å². The Morgan fingerprint density at radius 1 is 1.03 bits per heavy atom. The van der Waals surface area contributed by atoms with Crippen molar-refractivity contribution in [3.8, 4) is 0 Å². The van der Waals surface area contributed by atoms with Gasteiger partial charge in [0.25, 0.3) is 5.91 Å². The van der Waals surface area contributed by atoms with E-state index in [4.69, 9.17) is 0 Å². The number of carbonyl (C=O) groups excluding carboxylic acids is 1. The van der Waals surface area contributed by atoms with E-state index in [2.05, 4.69) is 15.2 Å². The first-order valence-corrected chi connectivity index (χ1v) is 11.1. The van der Waals surface area contributed by atoms with Crippen molar-refractivity contribution in [1.29, 1.82) is 0 Å². The lowest BCUT2D eigenvalue weighted by molar-refractivity contribution is -0.137. The van der Waals surface area contributed by atoms with Crippen molar-refractivity contribution in [2.45, 2.75) is 44.2 Å². The lowest BCUT2D eigenvalue weighted by atomic mass is 9.96. The molecule has 1 aliphatic heterocycles. The molecular formula is C26H24F3N3O2. The quantitative estimate of drug-likeness (QED) is 0.598. The van der Waals surface area contributed by atoms with Crippen molar-refractivity contribution in [2.75, 3.05) is 6.61 Å². The number of pyridine rings is 1. The summed E-state index contributed by atoms with van der Waals surface area (Å²) in [7, 11) is 0. The number of nitrogens with one attached hydrogen (secondary N) is 1. The van der Waals surface area contributed by atoms with Gasteiger partial charge in [-0.25, -0.2) is 0 Å². The van der Waals surface area contributed by atoms with Crippen LogP contribution in [0, 0.1) is 0 Å². The molecule has 2 heterocycles. The van der Waals surface area contributed by atoms with Gasteiger partial charge in [-0.1, -0.05) is 36.4 Å². The Hall–Kier alpha value is -3.23. The van der Waals surface area contributed by atoms with E-state index >= 15 is 0 Å². The Balaban J connectivity index is 1.25. The van der Waals surface area contributed by atoms with Crippen LogP contribution in [0.3, 0.4) is 0 Å². The summed E-state index contributed by atoms with van der Waals surface area (Å²) < 4.78 is 38.4. The van der Waals surface area contributed by atoms with Crippen molar-refractivity contribution < 1.29 is 23.1 Å². The van der Waals surface area contributed by atoms with Crippen LogP contribution in [0.15, 0.2) is 60.8 Å². The van der Waals surface area contributed by atoms with Crippen LogP contribution in [-0.4, -0.2) is 33.0 Å². The van der Waals surface area contributed by atoms with E-state index in [1.54, 1.807) is 6.20 Å². The summed E-state index contributed by atoms with van der Waals surface area (Å²) >= 11 is 0. The fraction of sp³-hybridized carbons (Fsp3) is 0.308. The predicted octanol–water partition coefficient (Wildman–Crippen LogP) is 3.88. The number of fused-ring (bicyclic) bond motifs is 2. The number of nitrogens with zero attached hydrogens (tertiary/aromatic N) is 2. The largest absolute Gasteiger partial charge is 0.416 e. The molecule has 3 aromatic rings. The van der Waals surface area contributed by atoms with Crippen LogP contribution in [0.1, 0.15) is 43.9 Å². The minimum absolute atomic E-state index is 0.160. The lowest BCUT2D eigenvalue weighted by Gasteiger charge is -2.28. The molecule has 0 unspecified atom stereocenters. The van der Waals surface area contributed by atoms with E-state index in [1.807, 2.05) is 30.3 Å². The van der Waals surface area contributed by atoms with Crippen molar-refractivity contribution in [3.05, 3.63) is 99.9 Å². The Morgan fingerprint density at radius 2 is 1.71 bits per heavy atom. The summed E-state index contributed by atoms with van der Waals surface area (Å²) in [6.07, 6.45) is -1.66. The molecule has 176 valence electrons. The van der Waals surface area contributed by atoms with Gasteiger partial charge in [0, 0.05) is 25.8 Å². The maximum absolute atomic E-state index is 13.0. The highest BCUT2D eigenvalue weighted by molar-refractivity contribution is 5.94. The lowest BCUT2D eigenvalue weighted by Crippen LogP contribution is -2.52. The fourth-order valence-corrected chi connectivity index (χ4v) is 4.87. The zero-order valence-corrected chi connectivity index (χ0v) is 18.4. The molecule has 2 aliphatic rings. The molecule has 2 N–H and O–H groups in total. The fourth-order valence-electron chi connectivity index (χ4n) is 4.87. The molecule has 0 atom stereocenters. The van der Waals surface area contributed by atoms with Gasteiger partial charge in [-0.15, -0.1) is 0 Å². The van der Waals surface area contributed by atoms with Crippen molar-refractivity contribution in [1.82, 2.24) is 15.2 Å². The zero-order chi connectivity index (χ0) is 23.9. The summed E-state index contributed by atoms with van der Waals surface area (Å²) in [6, 6.07) is 14.9. The molecule has 0 saturated heterocycles. The average molecular weight is 467 g/mol. The standard InChI is InChI=1S/C26H24F3N3O2/c27-26(28,29)22-7-5-17(6-8-22)13-32-14-21-9-20(12-30-23(21)15-32)24(34)31-25(16-33)10-18-3-1-2-4-19(18)11-25/h1-9,12,33H,10-11,13-16H2,(H,31,34). The second kappa shape index (κ2) is 8.52. The molecule has 5 nitrogen and oxygen atoms in total. The number of carbonyl (C=O) groups is 1. The number of aliphatic hydroxyl groups excluding tert-OH is 1. The number of alkyl halides is 3. The Kier molecular flexibility index (Phi) is 5.65. The van der Waals surface area contributed by atoms with E-state index in [1.165, 1.54) is 12.1 Å². The smallest absolute Gasteiger partial charge is 0.394 e. The van der Waals surface area contributed by atoms with Crippen molar-refractivity contribution >= 4 is 5.91 Å². The third kappa shape index (κ3) is 4.43. The van der Waals surface area contributed by atoms with Crippen molar-refractivity contribution in [2.24, 2.45) is 0 Å². The molecular weight excluding hydrogens is 443 g/mol. The average Bonchev–Trinajstić information content (AvgIpc) is 3.38. The molecule has 0 spiro atoms. The summed E-state index contributed by atoms with van der Waals surface area (Å²) in [5, 5.41) is 13.1. The second-order valence-electron chi connectivity index (χ2n) is 9.18. The number of benzene rings is 2. The van der Waals surface area contributed by atoms with Gasteiger partial charge in [-0.3, -0.25) is 14.7 Å². The minimum Gasteiger partial charge on any atom is -0.394 e. The van der Waals surface area contributed by atoms with Gasteiger partial charge in [-0.2, -0.15) is 13.2 Å². The molecule has 1 aromatic heterocycles. The van der Waals surface area contributed by atoms with Crippen LogP contribution in [0.5, 0.6) is 0 Å². The van der Waals surface area contributed by atoms with Gasteiger partial charge >= 0.3 is 6.18 Å². The monoisotopic (exact) mass is 467 g/mol. The molecule has 1 aliphatic carbocycles. The molecule has 2 aromatic carbocycles. The third-order valence-electron chi connectivity index (χ3n) is 6.63. The Bertz CT molecular complexity index is 1200. The summed E-state index contributed by atoms with van der Waals surface area (Å²) in [5.41, 5.74) is 3.85. The molecule has 5 rings (SSSR count). The number of hydrogen-bond acceptors (Lipinski definition) is 4. The molecule has 0 fully saturated rings. The third-order valence-corrected chi connectivity index (χ3v) is 6.63. The maximum Gasteiger partial charge on any atom is 0.416 e. The van der Waals surface area contributed by atoms with E-state index in [-0.39, 0.29) is 12.5 Å².